The van der Waals surface area contributed by atoms with E-state index in [0.717, 1.165) is 32.5 Å². The lowest BCUT2D eigenvalue weighted by Crippen LogP contribution is -2.28. The van der Waals surface area contributed by atoms with Gasteiger partial charge in [0.15, 0.2) is 0 Å². The smallest absolute Gasteiger partial charge is 0.303 e. The van der Waals surface area contributed by atoms with Crippen molar-refractivity contribution in [1.82, 2.24) is 4.90 Å². The summed E-state index contributed by atoms with van der Waals surface area (Å²) in [6.07, 6.45) is 1.89. The summed E-state index contributed by atoms with van der Waals surface area (Å²) in [5, 5.41) is 8.62. The lowest BCUT2D eigenvalue weighted by Gasteiger charge is -2.21. The van der Waals surface area contributed by atoms with Gasteiger partial charge in [0.2, 0.25) is 0 Å². The molecular weight excluding hydrogens is 278 g/mol. The molecule has 114 valence electrons. The number of hydrogen-bond acceptors (Lipinski definition) is 3. The van der Waals surface area contributed by atoms with Gasteiger partial charge in [-0.1, -0.05) is 30.3 Å². The maximum Gasteiger partial charge on any atom is 0.303 e. The van der Waals surface area contributed by atoms with E-state index in [-0.39, 0.29) is 18.8 Å². The average Bonchev–Trinajstić information content (AvgIpc) is 2.41. The maximum absolute atomic E-state index is 10.5. The van der Waals surface area contributed by atoms with Gasteiger partial charge in [0.1, 0.15) is 0 Å². The van der Waals surface area contributed by atoms with Crippen molar-refractivity contribution >= 4 is 18.4 Å². The van der Waals surface area contributed by atoms with Crippen molar-refractivity contribution in [1.29, 1.82) is 0 Å². The molecule has 0 amide bonds. The molecule has 1 N–H and O–H groups in total. The molecule has 0 aromatic heterocycles. The van der Waals surface area contributed by atoms with Gasteiger partial charge in [-0.2, -0.15) is 0 Å². The number of carboxylic acids is 1. The predicted molar refractivity (Wildman–Crippen MR) is 82.3 cm³/mol. The third kappa shape index (κ3) is 8.91. The molecule has 0 radical (unpaired) electrons. The van der Waals surface area contributed by atoms with Crippen LogP contribution in [0.5, 0.6) is 0 Å². The summed E-state index contributed by atoms with van der Waals surface area (Å²) in [5.74, 6) is -0.716. The van der Waals surface area contributed by atoms with Crippen molar-refractivity contribution in [3.05, 3.63) is 35.9 Å². The van der Waals surface area contributed by atoms with E-state index in [2.05, 4.69) is 17.0 Å². The van der Waals surface area contributed by atoms with Crippen molar-refractivity contribution < 1.29 is 14.6 Å². The summed E-state index contributed by atoms with van der Waals surface area (Å²) in [6, 6.07) is 10.3. The summed E-state index contributed by atoms with van der Waals surface area (Å²) in [5.41, 5.74) is 1.27. The van der Waals surface area contributed by atoms with Gasteiger partial charge in [0.05, 0.1) is 6.61 Å². The van der Waals surface area contributed by atoms with E-state index in [0.29, 0.717) is 6.61 Å². The van der Waals surface area contributed by atoms with Crippen LogP contribution in [0.3, 0.4) is 0 Å². The Balaban J connectivity index is 0.00000361. The first-order chi connectivity index (χ1) is 9.22. The molecular formula is C15H24ClNO3. The Morgan fingerprint density at radius 3 is 2.50 bits per heavy atom. The summed E-state index contributed by atoms with van der Waals surface area (Å²) < 4.78 is 5.12. The van der Waals surface area contributed by atoms with E-state index in [1.807, 2.05) is 18.2 Å². The standard InChI is InChI=1S/C15H23NO3.ClH/c1-19-12-11-16(10-6-5-9-15(17)18)13-14-7-3-2-4-8-14;/h2-4,7-8H,5-6,9-13H2,1H3,(H,17,18);1H. The van der Waals surface area contributed by atoms with Gasteiger partial charge in [0.25, 0.3) is 0 Å². The summed E-state index contributed by atoms with van der Waals surface area (Å²) in [6.45, 7) is 3.37. The number of nitrogens with zero attached hydrogens (tertiary/aromatic N) is 1. The van der Waals surface area contributed by atoms with E-state index in [1.165, 1.54) is 5.56 Å². The van der Waals surface area contributed by atoms with Crippen molar-refractivity contribution in [3.8, 4) is 0 Å². The summed E-state index contributed by atoms with van der Waals surface area (Å²) in [4.78, 5) is 12.8. The lowest BCUT2D eigenvalue weighted by atomic mass is 10.2. The quantitative estimate of drug-likeness (QED) is 0.675. The van der Waals surface area contributed by atoms with Crippen LogP contribution in [0, 0.1) is 0 Å². The average molecular weight is 302 g/mol. The van der Waals surface area contributed by atoms with Gasteiger partial charge >= 0.3 is 5.97 Å². The normalized spacial score (nSPS) is 10.3. The van der Waals surface area contributed by atoms with E-state index in [9.17, 15) is 4.79 Å². The Kier molecular flexibility index (Phi) is 11.1. The zero-order valence-electron chi connectivity index (χ0n) is 12.0. The Bertz CT molecular complexity index is 359. The molecule has 0 bridgehead atoms. The number of carboxylic acid groups (broad SMARTS) is 1. The number of unbranched alkanes of at least 4 members (excludes halogenated alkanes) is 1. The van der Waals surface area contributed by atoms with Crippen LogP contribution in [-0.2, 0) is 16.1 Å². The highest BCUT2D eigenvalue weighted by Crippen LogP contribution is 2.06. The molecule has 1 aromatic rings. The second-order valence-corrected chi connectivity index (χ2v) is 4.61. The van der Waals surface area contributed by atoms with Crippen molar-refractivity contribution in [3.63, 3.8) is 0 Å². The largest absolute Gasteiger partial charge is 0.481 e. The Hall–Kier alpha value is -1.10. The van der Waals surface area contributed by atoms with Crippen LogP contribution in [-0.4, -0.2) is 42.8 Å². The minimum Gasteiger partial charge on any atom is -0.481 e. The molecule has 4 nitrogen and oxygen atoms in total. The molecule has 0 aliphatic rings. The zero-order chi connectivity index (χ0) is 13.9. The SMILES string of the molecule is COCCN(CCCCC(=O)O)Cc1ccccc1.Cl. The van der Waals surface area contributed by atoms with Crippen LogP contribution >= 0.6 is 12.4 Å². The maximum atomic E-state index is 10.5. The highest BCUT2D eigenvalue weighted by molar-refractivity contribution is 5.85. The fourth-order valence-corrected chi connectivity index (χ4v) is 1.94. The van der Waals surface area contributed by atoms with E-state index >= 15 is 0 Å². The topological polar surface area (TPSA) is 49.8 Å². The Labute approximate surface area is 127 Å². The number of carbonyl (C=O) groups is 1. The lowest BCUT2D eigenvalue weighted by molar-refractivity contribution is -0.137. The fraction of sp³-hybridized carbons (Fsp3) is 0.533. The first-order valence-corrected chi connectivity index (χ1v) is 6.69. The minimum atomic E-state index is -0.716. The first kappa shape index (κ1) is 18.9. The van der Waals surface area contributed by atoms with E-state index in [4.69, 9.17) is 9.84 Å². The number of halogens is 1. The van der Waals surface area contributed by atoms with Crippen LogP contribution in [0.1, 0.15) is 24.8 Å². The van der Waals surface area contributed by atoms with E-state index < -0.39 is 5.97 Å². The van der Waals surface area contributed by atoms with Gasteiger partial charge in [-0.25, -0.2) is 0 Å². The highest BCUT2D eigenvalue weighted by atomic mass is 35.5. The highest BCUT2D eigenvalue weighted by Gasteiger charge is 2.06. The molecule has 0 fully saturated rings. The number of benzene rings is 1. The molecule has 20 heavy (non-hydrogen) atoms. The van der Waals surface area contributed by atoms with Gasteiger partial charge in [-0.05, 0) is 24.9 Å². The predicted octanol–water partition coefficient (Wildman–Crippen LogP) is 2.81. The monoisotopic (exact) mass is 301 g/mol. The molecule has 0 heterocycles. The fourth-order valence-electron chi connectivity index (χ4n) is 1.94. The number of aliphatic carboxylic acids is 1. The van der Waals surface area contributed by atoms with Gasteiger partial charge in [-0.3, -0.25) is 9.69 Å². The number of rotatable bonds is 10. The third-order valence-corrected chi connectivity index (χ3v) is 2.98. The summed E-state index contributed by atoms with van der Waals surface area (Å²) >= 11 is 0. The number of methoxy groups -OCH3 is 1. The number of hydrogen-bond donors (Lipinski definition) is 1. The zero-order valence-corrected chi connectivity index (χ0v) is 12.8. The molecule has 0 spiro atoms. The molecule has 1 rings (SSSR count). The minimum absolute atomic E-state index is 0. The number of ether oxygens (including phenoxy) is 1. The summed E-state index contributed by atoms with van der Waals surface area (Å²) in [7, 11) is 1.70. The van der Waals surface area contributed by atoms with Gasteiger partial charge in [-0.15, -0.1) is 12.4 Å². The molecule has 1 aromatic carbocycles. The Morgan fingerprint density at radius 1 is 1.20 bits per heavy atom. The molecule has 0 aliphatic heterocycles. The third-order valence-electron chi connectivity index (χ3n) is 2.98. The second-order valence-electron chi connectivity index (χ2n) is 4.61. The second kappa shape index (κ2) is 11.7. The van der Waals surface area contributed by atoms with Crippen molar-refractivity contribution in [2.45, 2.75) is 25.8 Å². The van der Waals surface area contributed by atoms with Gasteiger partial charge in [0, 0.05) is 26.6 Å². The van der Waals surface area contributed by atoms with Crippen LogP contribution in [0.25, 0.3) is 0 Å². The van der Waals surface area contributed by atoms with Crippen LogP contribution in [0.2, 0.25) is 0 Å². The van der Waals surface area contributed by atoms with Crippen molar-refractivity contribution in [2.75, 3.05) is 26.8 Å². The first-order valence-electron chi connectivity index (χ1n) is 6.69. The van der Waals surface area contributed by atoms with Crippen LogP contribution in [0.15, 0.2) is 30.3 Å². The molecule has 0 saturated carbocycles. The molecule has 0 atom stereocenters. The molecule has 5 heteroatoms. The van der Waals surface area contributed by atoms with Crippen LogP contribution in [0.4, 0.5) is 0 Å². The van der Waals surface area contributed by atoms with E-state index in [1.54, 1.807) is 7.11 Å². The molecule has 0 unspecified atom stereocenters. The Morgan fingerprint density at radius 2 is 1.90 bits per heavy atom. The van der Waals surface area contributed by atoms with Crippen molar-refractivity contribution in [2.24, 2.45) is 0 Å². The molecule has 0 aliphatic carbocycles. The van der Waals surface area contributed by atoms with Crippen LogP contribution < -0.4 is 0 Å². The molecule has 0 saturated heterocycles. The van der Waals surface area contributed by atoms with Gasteiger partial charge < -0.3 is 9.84 Å².